The highest BCUT2D eigenvalue weighted by Crippen LogP contribution is 2.07. The summed E-state index contributed by atoms with van der Waals surface area (Å²) in [6, 6.07) is 16.9. The van der Waals surface area contributed by atoms with Gasteiger partial charge < -0.3 is 10.2 Å². The molecule has 0 radical (unpaired) electrons. The Balaban J connectivity index is 1.30. The van der Waals surface area contributed by atoms with E-state index in [9.17, 15) is 9.18 Å². The fourth-order valence-electron chi connectivity index (χ4n) is 3.28. The molecule has 3 rings (SSSR count). The van der Waals surface area contributed by atoms with Crippen molar-refractivity contribution in [1.29, 1.82) is 0 Å². The molecule has 0 saturated carbocycles. The van der Waals surface area contributed by atoms with E-state index in [1.807, 2.05) is 18.2 Å². The summed E-state index contributed by atoms with van der Waals surface area (Å²) in [6.45, 7) is 5.90. The second kappa shape index (κ2) is 10.7. The van der Waals surface area contributed by atoms with E-state index in [1.54, 1.807) is 18.2 Å². The van der Waals surface area contributed by atoms with E-state index in [0.29, 0.717) is 12.0 Å². The molecule has 1 N–H and O–H groups in total. The highest BCUT2D eigenvalue weighted by Gasteiger charge is 2.16. The lowest BCUT2D eigenvalue weighted by Crippen LogP contribution is -2.47. The molecule has 4 nitrogen and oxygen atoms in total. The third-order valence-electron chi connectivity index (χ3n) is 5.03. The van der Waals surface area contributed by atoms with Crippen molar-refractivity contribution >= 4 is 12.0 Å². The quantitative estimate of drug-likeness (QED) is 0.763. The van der Waals surface area contributed by atoms with Gasteiger partial charge in [-0.25, -0.2) is 4.39 Å². The minimum absolute atomic E-state index is 0.0310. The predicted molar refractivity (Wildman–Crippen MR) is 111 cm³/mol. The molecular formula is C23H28FN3O. The Morgan fingerprint density at radius 1 is 0.964 bits per heavy atom. The minimum atomic E-state index is -0.278. The Hall–Kier alpha value is -2.50. The smallest absolute Gasteiger partial charge is 0.221 e. The van der Waals surface area contributed by atoms with Crippen molar-refractivity contribution in [2.75, 3.05) is 39.3 Å². The Morgan fingerprint density at radius 3 is 2.39 bits per heavy atom. The van der Waals surface area contributed by atoms with Gasteiger partial charge in [-0.15, -0.1) is 0 Å². The van der Waals surface area contributed by atoms with Crippen LogP contribution in [0.25, 0.3) is 6.08 Å². The first-order valence-electron chi connectivity index (χ1n) is 9.87. The number of amides is 1. The van der Waals surface area contributed by atoms with Crippen molar-refractivity contribution in [2.45, 2.75) is 13.0 Å². The molecule has 0 spiro atoms. The molecule has 0 aliphatic carbocycles. The molecule has 0 unspecified atom stereocenters. The number of halogens is 1. The summed E-state index contributed by atoms with van der Waals surface area (Å²) >= 11 is 0. The number of piperazine rings is 1. The second-order valence-corrected chi connectivity index (χ2v) is 7.07. The van der Waals surface area contributed by atoms with Crippen LogP contribution in [-0.4, -0.2) is 55.0 Å². The van der Waals surface area contributed by atoms with Gasteiger partial charge in [0.25, 0.3) is 0 Å². The van der Waals surface area contributed by atoms with Crippen LogP contribution in [0.2, 0.25) is 0 Å². The van der Waals surface area contributed by atoms with Crippen LogP contribution in [0.1, 0.15) is 17.5 Å². The zero-order valence-electron chi connectivity index (χ0n) is 16.2. The van der Waals surface area contributed by atoms with Gasteiger partial charge in [-0.3, -0.25) is 9.69 Å². The Morgan fingerprint density at radius 2 is 1.64 bits per heavy atom. The van der Waals surface area contributed by atoms with E-state index < -0.39 is 0 Å². The van der Waals surface area contributed by atoms with Gasteiger partial charge in [-0.05, 0) is 11.6 Å². The molecule has 2 aromatic carbocycles. The van der Waals surface area contributed by atoms with Crippen LogP contribution in [0.3, 0.4) is 0 Å². The van der Waals surface area contributed by atoms with Crippen molar-refractivity contribution < 1.29 is 9.18 Å². The highest BCUT2D eigenvalue weighted by molar-refractivity contribution is 5.76. The van der Waals surface area contributed by atoms with Crippen molar-refractivity contribution in [1.82, 2.24) is 15.1 Å². The predicted octanol–water partition coefficient (Wildman–Crippen LogP) is 3.16. The van der Waals surface area contributed by atoms with Crippen LogP contribution in [0, 0.1) is 5.82 Å². The molecular weight excluding hydrogens is 353 g/mol. The number of benzene rings is 2. The summed E-state index contributed by atoms with van der Waals surface area (Å²) in [5, 5.41) is 2.81. The van der Waals surface area contributed by atoms with Gasteiger partial charge in [0.1, 0.15) is 5.82 Å². The van der Waals surface area contributed by atoms with E-state index in [1.165, 1.54) is 11.6 Å². The first-order valence-corrected chi connectivity index (χ1v) is 9.87. The van der Waals surface area contributed by atoms with Crippen LogP contribution in [-0.2, 0) is 11.3 Å². The van der Waals surface area contributed by atoms with E-state index >= 15 is 0 Å². The Kier molecular flexibility index (Phi) is 7.76. The van der Waals surface area contributed by atoms with Gasteiger partial charge in [-0.2, -0.15) is 0 Å². The van der Waals surface area contributed by atoms with Crippen molar-refractivity contribution in [3.8, 4) is 0 Å². The summed E-state index contributed by atoms with van der Waals surface area (Å²) in [7, 11) is 0. The molecule has 1 aliphatic rings. The molecule has 0 atom stereocenters. The topological polar surface area (TPSA) is 35.6 Å². The number of hydrogen-bond acceptors (Lipinski definition) is 3. The molecule has 148 valence electrons. The largest absolute Gasteiger partial charge is 0.352 e. The molecule has 1 saturated heterocycles. The van der Waals surface area contributed by atoms with E-state index in [4.69, 9.17) is 0 Å². The third kappa shape index (κ3) is 6.59. The maximum absolute atomic E-state index is 13.6. The van der Waals surface area contributed by atoms with Gasteiger partial charge in [0.2, 0.25) is 5.91 Å². The third-order valence-corrected chi connectivity index (χ3v) is 5.03. The molecule has 28 heavy (non-hydrogen) atoms. The zero-order valence-corrected chi connectivity index (χ0v) is 16.2. The molecule has 1 fully saturated rings. The lowest BCUT2D eigenvalue weighted by molar-refractivity contribution is -0.121. The summed E-state index contributed by atoms with van der Waals surface area (Å²) in [5.74, 6) is -0.309. The van der Waals surface area contributed by atoms with Crippen LogP contribution in [0.15, 0.2) is 60.7 Å². The zero-order chi connectivity index (χ0) is 19.6. The van der Waals surface area contributed by atoms with Gasteiger partial charge in [-0.1, -0.05) is 60.7 Å². The maximum atomic E-state index is 13.6. The van der Waals surface area contributed by atoms with Gasteiger partial charge in [0.15, 0.2) is 0 Å². The van der Waals surface area contributed by atoms with E-state index in [-0.39, 0.29) is 18.3 Å². The van der Waals surface area contributed by atoms with Crippen LogP contribution < -0.4 is 5.32 Å². The summed E-state index contributed by atoms with van der Waals surface area (Å²) in [6.07, 6.45) is 4.82. The number of carbonyl (C=O) groups excluding carboxylic acids is 1. The van der Waals surface area contributed by atoms with Crippen LogP contribution >= 0.6 is 0 Å². The number of carbonyl (C=O) groups is 1. The number of nitrogens with zero attached hydrogens (tertiary/aromatic N) is 2. The highest BCUT2D eigenvalue weighted by atomic mass is 19.1. The van der Waals surface area contributed by atoms with Crippen LogP contribution in [0.4, 0.5) is 4.39 Å². The number of hydrogen-bond donors (Lipinski definition) is 1. The molecule has 1 heterocycles. The fraction of sp³-hybridized carbons (Fsp3) is 0.348. The first kappa shape index (κ1) is 20.2. The lowest BCUT2D eigenvalue weighted by Gasteiger charge is -2.34. The normalized spacial score (nSPS) is 15.8. The Bertz CT molecular complexity index is 770. The van der Waals surface area contributed by atoms with Crippen molar-refractivity contribution in [3.63, 3.8) is 0 Å². The molecule has 0 aromatic heterocycles. The average Bonchev–Trinajstić information content (AvgIpc) is 2.73. The van der Waals surface area contributed by atoms with Gasteiger partial charge >= 0.3 is 0 Å². The second-order valence-electron chi connectivity index (χ2n) is 7.07. The van der Waals surface area contributed by atoms with E-state index in [0.717, 1.165) is 39.3 Å². The van der Waals surface area contributed by atoms with Gasteiger partial charge in [0, 0.05) is 57.8 Å². The average molecular weight is 381 g/mol. The lowest BCUT2D eigenvalue weighted by atomic mass is 10.2. The fourth-order valence-corrected chi connectivity index (χ4v) is 3.28. The summed E-state index contributed by atoms with van der Waals surface area (Å²) in [5.41, 5.74) is 1.75. The van der Waals surface area contributed by atoms with E-state index in [2.05, 4.69) is 39.4 Å². The summed E-state index contributed by atoms with van der Waals surface area (Å²) < 4.78 is 13.6. The number of rotatable bonds is 8. The molecule has 1 aliphatic heterocycles. The molecule has 1 amide bonds. The standard InChI is InChI=1S/C23H28FN3O/c24-22-11-5-4-10-21(22)19-25-23(28)12-14-27-17-15-26(16-18-27)13-6-9-20-7-2-1-3-8-20/h1-11H,12-19H2,(H,25,28)/b9-6+. The molecule has 0 bridgehead atoms. The maximum Gasteiger partial charge on any atom is 0.221 e. The number of nitrogens with one attached hydrogen (secondary N) is 1. The monoisotopic (exact) mass is 381 g/mol. The minimum Gasteiger partial charge on any atom is -0.352 e. The molecule has 5 heteroatoms. The van der Waals surface area contributed by atoms with Crippen molar-refractivity contribution in [2.24, 2.45) is 0 Å². The SMILES string of the molecule is O=C(CCN1CCN(C/C=C/c2ccccc2)CC1)NCc1ccccc1F. The Labute approximate surface area is 166 Å². The summed E-state index contributed by atoms with van der Waals surface area (Å²) in [4.78, 5) is 16.8. The van der Waals surface area contributed by atoms with Crippen LogP contribution in [0.5, 0.6) is 0 Å². The van der Waals surface area contributed by atoms with Gasteiger partial charge in [0.05, 0.1) is 0 Å². The molecule has 2 aromatic rings. The van der Waals surface area contributed by atoms with Crippen molar-refractivity contribution in [3.05, 3.63) is 77.6 Å². The first-order chi connectivity index (χ1) is 13.7.